The van der Waals surface area contributed by atoms with Crippen molar-refractivity contribution < 1.29 is 9.53 Å². The van der Waals surface area contributed by atoms with Gasteiger partial charge in [0, 0.05) is 12.2 Å². The fourth-order valence-electron chi connectivity index (χ4n) is 3.24. The van der Waals surface area contributed by atoms with E-state index in [1.165, 1.54) is 0 Å². The van der Waals surface area contributed by atoms with Gasteiger partial charge in [-0.25, -0.2) is 4.79 Å². The molecule has 1 amide bonds. The third-order valence-electron chi connectivity index (χ3n) is 3.99. The summed E-state index contributed by atoms with van der Waals surface area (Å²) in [5.41, 5.74) is 7.45. The average molecular weight is 335 g/mol. The maximum absolute atomic E-state index is 12.0. The molecule has 0 spiro atoms. The predicted octanol–water partition coefficient (Wildman–Crippen LogP) is 4.49. The number of carbonyl (C=O) groups is 1. The zero-order valence-corrected chi connectivity index (χ0v) is 15.9. The van der Waals surface area contributed by atoms with Gasteiger partial charge in [-0.15, -0.1) is 0 Å². The number of pyridine rings is 1. The standard InChI is InChI=1S/C17H27N3O2.C2H6/c1-11-7-12(14-5-6-19-10-15(14)18)9-13(8-11)20-16(21)22-17(2,3)4;1-2/h5-6,10-13H,7-9,18H2,1-4H3,(H,20,21);1-2H3. The molecule has 1 aromatic heterocycles. The minimum Gasteiger partial charge on any atom is -0.444 e. The van der Waals surface area contributed by atoms with Gasteiger partial charge in [0.1, 0.15) is 5.60 Å². The number of nitrogens with two attached hydrogens (primary N) is 1. The van der Waals surface area contributed by atoms with Gasteiger partial charge in [0.2, 0.25) is 0 Å². The van der Waals surface area contributed by atoms with Crippen LogP contribution in [-0.4, -0.2) is 22.7 Å². The second-order valence-electron chi connectivity index (χ2n) is 7.36. The van der Waals surface area contributed by atoms with Crippen molar-refractivity contribution in [1.82, 2.24) is 10.3 Å². The molecular weight excluding hydrogens is 302 g/mol. The molecule has 2 rings (SSSR count). The van der Waals surface area contributed by atoms with E-state index in [0.717, 1.165) is 30.5 Å². The largest absolute Gasteiger partial charge is 0.444 e. The normalized spacial score (nSPS) is 23.7. The van der Waals surface area contributed by atoms with Crippen LogP contribution in [0.5, 0.6) is 0 Å². The Balaban J connectivity index is 0.00000139. The van der Waals surface area contributed by atoms with E-state index in [4.69, 9.17) is 10.5 Å². The number of ether oxygens (including phenoxy) is 1. The van der Waals surface area contributed by atoms with Crippen LogP contribution in [0.4, 0.5) is 10.5 Å². The lowest BCUT2D eigenvalue weighted by Gasteiger charge is -2.34. The number of hydrogen-bond donors (Lipinski definition) is 2. The number of nitrogens with one attached hydrogen (secondary N) is 1. The molecule has 5 nitrogen and oxygen atoms in total. The first-order chi connectivity index (χ1) is 11.2. The van der Waals surface area contributed by atoms with Gasteiger partial charge in [0.05, 0.1) is 11.9 Å². The summed E-state index contributed by atoms with van der Waals surface area (Å²) in [5.74, 6) is 0.887. The lowest BCUT2D eigenvalue weighted by Crippen LogP contribution is -2.42. The van der Waals surface area contributed by atoms with Gasteiger partial charge in [0.25, 0.3) is 0 Å². The topological polar surface area (TPSA) is 77.2 Å². The summed E-state index contributed by atoms with van der Waals surface area (Å²) < 4.78 is 5.36. The van der Waals surface area contributed by atoms with Gasteiger partial charge in [0.15, 0.2) is 0 Å². The lowest BCUT2D eigenvalue weighted by molar-refractivity contribution is 0.0482. The number of nitrogens with zero attached hydrogens (tertiary/aromatic N) is 1. The van der Waals surface area contributed by atoms with E-state index in [9.17, 15) is 4.79 Å². The van der Waals surface area contributed by atoms with Crippen LogP contribution in [0, 0.1) is 5.92 Å². The molecule has 136 valence electrons. The van der Waals surface area contributed by atoms with Gasteiger partial charge < -0.3 is 15.8 Å². The fraction of sp³-hybridized carbons (Fsp3) is 0.684. The summed E-state index contributed by atoms with van der Waals surface area (Å²) >= 11 is 0. The van der Waals surface area contributed by atoms with Crippen molar-refractivity contribution in [3.8, 4) is 0 Å². The number of carbonyl (C=O) groups excluding carboxylic acids is 1. The Labute approximate surface area is 146 Å². The van der Waals surface area contributed by atoms with E-state index < -0.39 is 5.60 Å². The number of nitrogen functional groups attached to an aromatic ring is 1. The Morgan fingerprint density at radius 1 is 1.29 bits per heavy atom. The first kappa shape index (κ1) is 20.3. The Bertz CT molecular complexity index is 526. The third-order valence-corrected chi connectivity index (χ3v) is 3.99. The van der Waals surface area contributed by atoms with Crippen LogP contribution in [0.3, 0.4) is 0 Å². The van der Waals surface area contributed by atoms with Crippen molar-refractivity contribution in [2.24, 2.45) is 5.92 Å². The molecule has 0 aromatic carbocycles. The molecule has 0 radical (unpaired) electrons. The molecule has 1 saturated carbocycles. The summed E-state index contributed by atoms with van der Waals surface area (Å²) in [6, 6.07) is 2.11. The number of alkyl carbamates (subject to hydrolysis) is 1. The monoisotopic (exact) mass is 335 g/mol. The van der Waals surface area contributed by atoms with Crippen molar-refractivity contribution in [1.29, 1.82) is 0 Å². The maximum Gasteiger partial charge on any atom is 0.407 e. The van der Waals surface area contributed by atoms with E-state index in [0.29, 0.717) is 11.8 Å². The summed E-state index contributed by atoms with van der Waals surface area (Å²) in [6.07, 6.45) is 6.08. The Kier molecular flexibility index (Phi) is 7.52. The maximum atomic E-state index is 12.0. The van der Waals surface area contributed by atoms with Crippen molar-refractivity contribution in [3.63, 3.8) is 0 Å². The SMILES string of the molecule is CC.CC1CC(NC(=O)OC(C)(C)C)CC(c2ccncc2N)C1. The molecular formula is C19H33N3O2. The molecule has 3 N–H and O–H groups in total. The highest BCUT2D eigenvalue weighted by Gasteiger charge is 2.30. The first-order valence-electron chi connectivity index (χ1n) is 8.93. The Hall–Kier alpha value is -1.78. The van der Waals surface area contributed by atoms with E-state index >= 15 is 0 Å². The summed E-state index contributed by atoms with van der Waals surface area (Å²) in [6.45, 7) is 11.8. The highest BCUT2D eigenvalue weighted by Crippen LogP contribution is 2.38. The predicted molar refractivity (Wildman–Crippen MR) is 98.9 cm³/mol. The summed E-state index contributed by atoms with van der Waals surface area (Å²) in [4.78, 5) is 16.0. The zero-order valence-electron chi connectivity index (χ0n) is 15.9. The zero-order chi connectivity index (χ0) is 18.3. The number of aromatic nitrogens is 1. The Morgan fingerprint density at radius 2 is 1.96 bits per heavy atom. The minimum atomic E-state index is -0.473. The molecule has 3 unspecified atom stereocenters. The lowest BCUT2D eigenvalue weighted by atomic mass is 9.76. The molecule has 0 aliphatic heterocycles. The molecule has 5 heteroatoms. The van der Waals surface area contributed by atoms with Gasteiger partial charge in [-0.1, -0.05) is 20.8 Å². The quantitative estimate of drug-likeness (QED) is 0.835. The average Bonchev–Trinajstić information content (AvgIpc) is 2.47. The second-order valence-corrected chi connectivity index (χ2v) is 7.36. The second kappa shape index (κ2) is 8.90. The van der Waals surface area contributed by atoms with Crippen LogP contribution in [0.25, 0.3) is 0 Å². The van der Waals surface area contributed by atoms with Crippen molar-refractivity contribution in [2.75, 3.05) is 5.73 Å². The van der Waals surface area contributed by atoms with E-state index in [1.807, 2.05) is 40.7 Å². The molecule has 1 heterocycles. The van der Waals surface area contributed by atoms with Crippen molar-refractivity contribution in [3.05, 3.63) is 24.0 Å². The first-order valence-corrected chi connectivity index (χ1v) is 8.93. The molecule has 1 fully saturated rings. The van der Waals surface area contributed by atoms with Gasteiger partial charge in [-0.2, -0.15) is 0 Å². The van der Waals surface area contributed by atoms with Crippen LogP contribution >= 0.6 is 0 Å². The third kappa shape index (κ3) is 6.38. The molecule has 1 aliphatic rings. The van der Waals surface area contributed by atoms with Gasteiger partial charge >= 0.3 is 6.09 Å². The number of anilines is 1. The van der Waals surface area contributed by atoms with Gasteiger partial charge in [-0.05, 0) is 63.5 Å². The number of amides is 1. The van der Waals surface area contributed by atoms with E-state index in [1.54, 1.807) is 12.4 Å². The molecule has 3 atom stereocenters. The van der Waals surface area contributed by atoms with E-state index in [-0.39, 0.29) is 12.1 Å². The van der Waals surface area contributed by atoms with Crippen molar-refractivity contribution >= 4 is 11.8 Å². The van der Waals surface area contributed by atoms with Crippen LogP contribution < -0.4 is 11.1 Å². The van der Waals surface area contributed by atoms with Crippen molar-refractivity contribution in [2.45, 2.75) is 78.4 Å². The minimum absolute atomic E-state index is 0.121. The highest BCUT2D eigenvalue weighted by molar-refractivity contribution is 5.68. The number of hydrogen-bond acceptors (Lipinski definition) is 4. The van der Waals surface area contributed by atoms with Crippen LogP contribution in [0.2, 0.25) is 0 Å². The fourth-order valence-corrected chi connectivity index (χ4v) is 3.24. The molecule has 1 aliphatic carbocycles. The number of rotatable bonds is 2. The molecule has 0 bridgehead atoms. The molecule has 1 aromatic rings. The summed E-state index contributed by atoms with van der Waals surface area (Å²) in [5, 5.41) is 3.01. The van der Waals surface area contributed by atoms with E-state index in [2.05, 4.69) is 17.2 Å². The smallest absolute Gasteiger partial charge is 0.407 e. The summed E-state index contributed by atoms with van der Waals surface area (Å²) in [7, 11) is 0. The Morgan fingerprint density at radius 3 is 2.54 bits per heavy atom. The van der Waals surface area contributed by atoms with Crippen LogP contribution in [-0.2, 0) is 4.74 Å². The molecule has 24 heavy (non-hydrogen) atoms. The highest BCUT2D eigenvalue weighted by atomic mass is 16.6. The van der Waals surface area contributed by atoms with Crippen LogP contribution in [0.15, 0.2) is 18.5 Å². The van der Waals surface area contributed by atoms with Gasteiger partial charge in [-0.3, -0.25) is 4.98 Å². The molecule has 0 saturated heterocycles. The van der Waals surface area contributed by atoms with Crippen LogP contribution in [0.1, 0.15) is 72.3 Å².